The predicted molar refractivity (Wildman–Crippen MR) is 79.1 cm³/mol. The van der Waals surface area contributed by atoms with Crippen molar-refractivity contribution < 1.29 is 18.3 Å². The molecule has 0 aliphatic rings. The number of anilines is 2. The SMILES string of the molecule is COc1cc(-c2nc(N)nc(N)c2C#N)ccc1OCC(F)F. The number of benzene rings is 1. The fourth-order valence-corrected chi connectivity index (χ4v) is 1.90. The monoisotopic (exact) mass is 321 g/mol. The van der Waals surface area contributed by atoms with E-state index in [1.807, 2.05) is 6.07 Å². The number of rotatable bonds is 5. The van der Waals surface area contributed by atoms with Gasteiger partial charge in [-0.2, -0.15) is 10.2 Å². The number of halogens is 2. The van der Waals surface area contributed by atoms with E-state index >= 15 is 0 Å². The van der Waals surface area contributed by atoms with E-state index in [1.165, 1.54) is 25.3 Å². The van der Waals surface area contributed by atoms with E-state index in [-0.39, 0.29) is 34.5 Å². The number of nitrogens with zero attached hydrogens (tertiary/aromatic N) is 3. The molecule has 0 aliphatic carbocycles. The molecule has 120 valence electrons. The van der Waals surface area contributed by atoms with Crippen LogP contribution in [0.5, 0.6) is 11.5 Å². The average molecular weight is 321 g/mol. The molecule has 0 radical (unpaired) electrons. The molecule has 2 aromatic rings. The quantitative estimate of drug-likeness (QED) is 0.861. The number of hydrogen-bond donors (Lipinski definition) is 2. The molecule has 0 saturated heterocycles. The Labute approximate surface area is 130 Å². The zero-order valence-electron chi connectivity index (χ0n) is 12.1. The fourth-order valence-electron chi connectivity index (χ4n) is 1.90. The van der Waals surface area contributed by atoms with Crippen molar-refractivity contribution in [2.75, 3.05) is 25.2 Å². The van der Waals surface area contributed by atoms with Gasteiger partial charge in [-0.05, 0) is 18.2 Å². The highest BCUT2D eigenvalue weighted by molar-refractivity contribution is 5.74. The molecule has 7 nitrogen and oxygen atoms in total. The molecule has 1 aromatic heterocycles. The van der Waals surface area contributed by atoms with Crippen LogP contribution in [-0.4, -0.2) is 30.1 Å². The Morgan fingerprint density at radius 1 is 1.26 bits per heavy atom. The highest BCUT2D eigenvalue weighted by Gasteiger charge is 2.16. The van der Waals surface area contributed by atoms with Crippen molar-refractivity contribution in [2.45, 2.75) is 6.43 Å². The number of hydrogen-bond acceptors (Lipinski definition) is 7. The second kappa shape index (κ2) is 6.74. The summed E-state index contributed by atoms with van der Waals surface area (Å²) >= 11 is 0. The minimum Gasteiger partial charge on any atom is -0.493 e. The first-order chi connectivity index (χ1) is 11.0. The van der Waals surface area contributed by atoms with Gasteiger partial charge in [-0.1, -0.05) is 0 Å². The highest BCUT2D eigenvalue weighted by Crippen LogP contribution is 2.34. The van der Waals surface area contributed by atoms with Crippen LogP contribution in [0.4, 0.5) is 20.5 Å². The summed E-state index contributed by atoms with van der Waals surface area (Å²) in [7, 11) is 1.36. The van der Waals surface area contributed by atoms with Crippen molar-refractivity contribution in [3.8, 4) is 28.8 Å². The van der Waals surface area contributed by atoms with E-state index in [4.69, 9.17) is 20.9 Å². The molecule has 9 heteroatoms. The number of nitrogen functional groups attached to an aromatic ring is 2. The fraction of sp³-hybridized carbons (Fsp3) is 0.214. The normalized spacial score (nSPS) is 10.4. The predicted octanol–water partition coefficient (Wildman–Crippen LogP) is 1.83. The molecule has 1 aromatic carbocycles. The molecule has 0 spiro atoms. The van der Waals surface area contributed by atoms with E-state index in [2.05, 4.69) is 9.97 Å². The number of nitriles is 1. The Hall–Kier alpha value is -3.15. The lowest BCUT2D eigenvalue weighted by molar-refractivity contribution is 0.0804. The van der Waals surface area contributed by atoms with Crippen molar-refractivity contribution in [3.63, 3.8) is 0 Å². The first-order valence-electron chi connectivity index (χ1n) is 6.38. The van der Waals surface area contributed by atoms with Gasteiger partial charge in [0.2, 0.25) is 5.95 Å². The van der Waals surface area contributed by atoms with Crippen LogP contribution in [0.25, 0.3) is 11.3 Å². The second-order valence-corrected chi connectivity index (χ2v) is 4.37. The number of methoxy groups -OCH3 is 1. The molecule has 0 saturated carbocycles. The van der Waals surface area contributed by atoms with Crippen molar-refractivity contribution in [1.29, 1.82) is 5.26 Å². The van der Waals surface area contributed by atoms with E-state index in [0.717, 1.165) is 0 Å². The van der Waals surface area contributed by atoms with Gasteiger partial charge in [0.05, 0.1) is 12.8 Å². The molecule has 2 rings (SSSR count). The zero-order chi connectivity index (χ0) is 17.0. The molecule has 4 N–H and O–H groups in total. The maximum absolute atomic E-state index is 12.2. The summed E-state index contributed by atoms with van der Waals surface area (Å²) < 4.78 is 34.6. The van der Waals surface area contributed by atoms with Crippen molar-refractivity contribution in [2.24, 2.45) is 0 Å². The summed E-state index contributed by atoms with van der Waals surface area (Å²) in [5, 5.41) is 9.19. The van der Waals surface area contributed by atoms with Crippen LogP contribution >= 0.6 is 0 Å². The van der Waals surface area contributed by atoms with Gasteiger partial charge in [-0.15, -0.1) is 0 Å². The molecule has 0 bridgehead atoms. The topological polar surface area (TPSA) is 120 Å². The Balaban J connectivity index is 2.48. The molecule has 0 aliphatic heterocycles. The minimum atomic E-state index is -2.61. The Kier molecular flexibility index (Phi) is 4.75. The molecule has 0 fully saturated rings. The van der Waals surface area contributed by atoms with Gasteiger partial charge in [0, 0.05) is 5.56 Å². The van der Waals surface area contributed by atoms with Crippen molar-refractivity contribution in [1.82, 2.24) is 9.97 Å². The number of nitrogens with two attached hydrogens (primary N) is 2. The van der Waals surface area contributed by atoms with Crippen LogP contribution in [0.15, 0.2) is 18.2 Å². The molecular weight excluding hydrogens is 308 g/mol. The van der Waals surface area contributed by atoms with E-state index < -0.39 is 13.0 Å². The number of alkyl halides is 2. The highest BCUT2D eigenvalue weighted by atomic mass is 19.3. The summed E-state index contributed by atoms with van der Waals surface area (Å²) in [6.07, 6.45) is -2.61. The largest absolute Gasteiger partial charge is 0.493 e. The number of ether oxygens (including phenoxy) is 2. The van der Waals surface area contributed by atoms with Gasteiger partial charge in [0.15, 0.2) is 11.5 Å². The molecule has 0 unspecified atom stereocenters. The van der Waals surface area contributed by atoms with Gasteiger partial charge < -0.3 is 20.9 Å². The van der Waals surface area contributed by atoms with Crippen LogP contribution in [-0.2, 0) is 0 Å². The summed E-state index contributed by atoms with van der Waals surface area (Å²) in [4.78, 5) is 7.72. The molecule has 23 heavy (non-hydrogen) atoms. The maximum atomic E-state index is 12.2. The van der Waals surface area contributed by atoms with E-state index in [9.17, 15) is 14.0 Å². The molecular formula is C14H13F2N5O2. The lowest BCUT2D eigenvalue weighted by Gasteiger charge is -2.12. The summed E-state index contributed by atoms with van der Waals surface area (Å²) in [6.45, 7) is -0.757. The Morgan fingerprint density at radius 2 is 2.00 bits per heavy atom. The average Bonchev–Trinajstić information content (AvgIpc) is 2.52. The number of aromatic nitrogens is 2. The van der Waals surface area contributed by atoms with Crippen LogP contribution in [0, 0.1) is 11.3 Å². The van der Waals surface area contributed by atoms with Gasteiger partial charge in [0.1, 0.15) is 24.1 Å². The smallest absolute Gasteiger partial charge is 0.272 e. The molecule has 1 heterocycles. The Morgan fingerprint density at radius 3 is 2.61 bits per heavy atom. The van der Waals surface area contributed by atoms with Crippen LogP contribution in [0.3, 0.4) is 0 Å². The van der Waals surface area contributed by atoms with Gasteiger partial charge in [0.25, 0.3) is 6.43 Å². The third kappa shape index (κ3) is 3.55. The van der Waals surface area contributed by atoms with Crippen molar-refractivity contribution >= 4 is 11.8 Å². The lowest BCUT2D eigenvalue weighted by atomic mass is 10.1. The first kappa shape index (κ1) is 16.2. The third-order valence-corrected chi connectivity index (χ3v) is 2.87. The van der Waals surface area contributed by atoms with Gasteiger partial charge in [-0.25, -0.2) is 13.8 Å². The second-order valence-electron chi connectivity index (χ2n) is 4.37. The van der Waals surface area contributed by atoms with Crippen LogP contribution < -0.4 is 20.9 Å². The van der Waals surface area contributed by atoms with E-state index in [0.29, 0.717) is 5.56 Å². The van der Waals surface area contributed by atoms with Gasteiger partial charge >= 0.3 is 0 Å². The summed E-state index contributed by atoms with van der Waals surface area (Å²) in [6, 6.07) is 6.36. The van der Waals surface area contributed by atoms with Crippen molar-refractivity contribution in [3.05, 3.63) is 23.8 Å². The minimum absolute atomic E-state index is 0.0491. The summed E-state index contributed by atoms with van der Waals surface area (Å²) in [5.74, 6) is 0.216. The van der Waals surface area contributed by atoms with Crippen LogP contribution in [0.2, 0.25) is 0 Å². The van der Waals surface area contributed by atoms with Gasteiger partial charge in [-0.3, -0.25) is 0 Å². The Bertz CT molecular complexity index is 762. The standard InChI is InChI=1S/C14H13F2N5O2/c1-22-10-4-7(2-3-9(10)23-6-11(15)16)12-8(5-17)13(18)21-14(19)20-12/h2-4,11H,6H2,1H3,(H4,18,19,20,21). The summed E-state index contributed by atoms with van der Waals surface area (Å²) in [5.41, 5.74) is 11.9. The van der Waals surface area contributed by atoms with E-state index in [1.54, 1.807) is 0 Å². The van der Waals surface area contributed by atoms with Crippen LogP contribution in [0.1, 0.15) is 5.56 Å². The zero-order valence-corrected chi connectivity index (χ0v) is 12.1. The molecule has 0 atom stereocenters. The first-order valence-corrected chi connectivity index (χ1v) is 6.38. The lowest BCUT2D eigenvalue weighted by Crippen LogP contribution is -2.08. The maximum Gasteiger partial charge on any atom is 0.272 e. The molecule has 0 amide bonds. The third-order valence-electron chi connectivity index (χ3n) is 2.87.